The number of rotatable bonds is 2. The van der Waals surface area contributed by atoms with Crippen molar-refractivity contribution in [2.45, 2.75) is 13.1 Å². The van der Waals surface area contributed by atoms with Gasteiger partial charge in [0.2, 0.25) is 0 Å². The first-order chi connectivity index (χ1) is 9.77. The molecule has 0 radical (unpaired) electrons. The Morgan fingerprint density at radius 2 is 1.86 bits per heavy atom. The van der Waals surface area contributed by atoms with Gasteiger partial charge in [0.15, 0.2) is 0 Å². The molecule has 0 saturated heterocycles. The summed E-state index contributed by atoms with van der Waals surface area (Å²) in [5.74, 6) is -0.605. The first-order valence-electron chi connectivity index (χ1n) is 6.02. The summed E-state index contributed by atoms with van der Waals surface area (Å²) in [6, 6.07) is 9.80. The fourth-order valence-electron chi connectivity index (χ4n) is 1.84. The molecule has 0 unspecified atom stereocenters. The smallest absolute Gasteiger partial charge is 0.321 e. The highest BCUT2D eigenvalue weighted by Gasteiger charge is 2.34. The number of amides is 1. The summed E-state index contributed by atoms with van der Waals surface area (Å²) in [7, 11) is 0. The Kier molecular flexibility index (Phi) is 4.23. The minimum absolute atomic E-state index is 0.0455. The lowest BCUT2D eigenvalue weighted by Crippen LogP contribution is -2.16. The van der Waals surface area contributed by atoms with Gasteiger partial charge < -0.3 is 5.32 Å². The maximum absolute atomic E-state index is 12.9. The van der Waals surface area contributed by atoms with Gasteiger partial charge in [0.25, 0.3) is 5.91 Å². The van der Waals surface area contributed by atoms with Crippen LogP contribution in [0.5, 0.6) is 0 Å². The molecule has 2 aromatic carbocycles. The summed E-state index contributed by atoms with van der Waals surface area (Å²) in [6.45, 7) is 1.79. The third-order valence-electron chi connectivity index (χ3n) is 2.82. The van der Waals surface area contributed by atoms with E-state index in [1.807, 2.05) is 0 Å². The van der Waals surface area contributed by atoms with Crippen LogP contribution in [0.2, 0.25) is 5.02 Å². The Bertz CT molecular complexity index is 683. The lowest BCUT2D eigenvalue weighted by molar-refractivity contribution is -0.136. The standard InChI is InChI=1S/C15H11ClF3NO/c1-9-3-2-4-10(7-9)14(21)20-13-6-5-11(16)8-12(13)15(17,18)19/h2-8H,1H3,(H,20,21). The monoisotopic (exact) mass is 313 g/mol. The van der Waals surface area contributed by atoms with Crippen LogP contribution in [0.3, 0.4) is 0 Å². The van der Waals surface area contributed by atoms with Crippen LogP contribution in [-0.2, 0) is 6.18 Å². The van der Waals surface area contributed by atoms with Crippen LogP contribution in [0.4, 0.5) is 18.9 Å². The summed E-state index contributed by atoms with van der Waals surface area (Å²) in [5, 5.41) is 2.22. The van der Waals surface area contributed by atoms with E-state index in [1.165, 1.54) is 12.1 Å². The molecule has 110 valence electrons. The molecule has 0 saturated carbocycles. The molecule has 2 nitrogen and oxygen atoms in total. The van der Waals surface area contributed by atoms with E-state index < -0.39 is 17.6 Å². The molecule has 0 aliphatic rings. The number of carbonyl (C=O) groups excluding carboxylic acids is 1. The minimum Gasteiger partial charge on any atom is -0.321 e. The van der Waals surface area contributed by atoms with Crippen molar-refractivity contribution in [3.63, 3.8) is 0 Å². The number of benzene rings is 2. The van der Waals surface area contributed by atoms with Gasteiger partial charge in [0.1, 0.15) is 0 Å². The lowest BCUT2D eigenvalue weighted by atomic mass is 10.1. The van der Waals surface area contributed by atoms with Crippen LogP contribution in [0, 0.1) is 6.92 Å². The molecule has 6 heteroatoms. The SMILES string of the molecule is Cc1cccc(C(=O)Nc2ccc(Cl)cc2C(F)(F)F)c1. The molecule has 0 aliphatic carbocycles. The fraction of sp³-hybridized carbons (Fsp3) is 0.133. The molecule has 0 atom stereocenters. The zero-order valence-corrected chi connectivity index (χ0v) is 11.7. The number of nitrogens with one attached hydrogen (secondary N) is 1. The average Bonchev–Trinajstić information content (AvgIpc) is 2.39. The molecule has 2 rings (SSSR count). The molecule has 1 amide bonds. The van der Waals surface area contributed by atoms with E-state index in [-0.39, 0.29) is 16.3 Å². The Morgan fingerprint density at radius 1 is 1.14 bits per heavy atom. The number of halogens is 4. The molecular weight excluding hydrogens is 303 g/mol. The lowest BCUT2D eigenvalue weighted by Gasteiger charge is -2.14. The van der Waals surface area contributed by atoms with Gasteiger partial charge in [-0.15, -0.1) is 0 Å². The van der Waals surface area contributed by atoms with Crippen molar-refractivity contribution in [3.8, 4) is 0 Å². The van der Waals surface area contributed by atoms with E-state index in [4.69, 9.17) is 11.6 Å². The molecule has 21 heavy (non-hydrogen) atoms. The van der Waals surface area contributed by atoms with Gasteiger partial charge in [-0.05, 0) is 37.3 Å². The topological polar surface area (TPSA) is 29.1 Å². The van der Waals surface area contributed by atoms with Gasteiger partial charge in [0, 0.05) is 10.6 Å². The second-order valence-corrected chi connectivity index (χ2v) is 4.95. The van der Waals surface area contributed by atoms with E-state index in [0.717, 1.165) is 17.7 Å². The third-order valence-corrected chi connectivity index (χ3v) is 3.05. The second kappa shape index (κ2) is 5.77. The van der Waals surface area contributed by atoms with Gasteiger partial charge in [-0.3, -0.25) is 4.79 Å². The van der Waals surface area contributed by atoms with Gasteiger partial charge in [-0.25, -0.2) is 0 Å². The highest BCUT2D eigenvalue weighted by atomic mass is 35.5. The van der Waals surface area contributed by atoms with E-state index in [9.17, 15) is 18.0 Å². The van der Waals surface area contributed by atoms with Crippen LogP contribution in [0.15, 0.2) is 42.5 Å². The summed E-state index contributed by atoms with van der Waals surface area (Å²) >= 11 is 5.58. The van der Waals surface area contributed by atoms with Crippen LogP contribution >= 0.6 is 11.6 Å². The van der Waals surface area contributed by atoms with Crippen molar-refractivity contribution in [1.82, 2.24) is 0 Å². The second-order valence-electron chi connectivity index (χ2n) is 4.51. The number of hydrogen-bond acceptors (Lipinski definition) is 1. The molecule has 0 heterocycles. The molecule has 0 spiro atoms. The first-order valence-corrected chi connectivity index (χ1v) is 6.40. The highest BCUT2D eigenvalue weighted by Crippen LogP contribution is 2.36. The van der Waals surface area contributed by atoms with E-state index >= 15 is 0 Å². The van der Waals surface area contributed by atoms with Gasteiger partial charge in [-0.1, -0.05) is 29.3 Å². The summed E-state index contributed by atoms with van der Waals surface area (Å²) in [6.07, 6.45) is -4.60. The van der Waals surface area contributed by atoms with Crippen molar-refractivity contribution >= 4 is 23.2 Å². The Morgan fingerprint density at radius 3 is 2.48 bits per heavy atom. The molecule has 0 bridgehead atoms. The molecule has 0 fully saturated rings. The highest BCUT2D eigenvalue weighted by molar-refractivity contribution is 6.30. The fourth-order valence-corrected chi connectivity index (χ4v) is 2.01. The molecule has 2 aromatic rings. The van der Waals surface area contributed by atoms with Crippen molar-refractivity contribution in [2.75, 3.05) is 5.32 Å². The largest absolute Gasteiger partial charge is 0.418 e. The number of anilines is 1. The molecule has 0 aromatic heterocycles. The summed E-state index contributed by atoms with van der Waals surface area (Å²) < 4.78 is 38.8. The van der Waals surface area contributed by atoms with Crippen molar-refractivity contribution in [1.29, 1.82) is 0 Å². The molecular formula is C15H11ClF3NO. The van der Waals surface area contributed by atoms with Gasteiger partial charge in [0.05, 0.1) is 11.3 Å². The summed E-state index contributed by atoms with van der Waals surface area (Å²) in [5.41, 5.74) is -0.165. The van der Waals surface area contributed by atoms with Crippen molar-refractivity contribution < 1.29 is 18.0 Å². The zero-order chi connectivity index (χ0) is 15.6. The van der Waals surface area contributed by atoms with Crippen LogP contribution in [0.1, 0.15) is 21.5 Å². The van der Waals surface area contributed by atoms with Crippen LogP contribution in [-0.4, -0.2) is 5.91 Å². The van der Waals surface area contributed by atoms with Gasteiger partial charge in [-0.2, -0.15) is 13.2 Å². The maximum Gasteiger partial charge on any atom is 0.418 e. The predicted molar refractivity (Wildman–Crippen MR) is 75.6 cm³/mol. The predicted octanol–water partition coefficient (Wildman–Crippen LogP) is 4.92. The zero-order valence-electron chi connectivity index (χ0n) is 11.0. The van der Waals surface area contributed by atoms with E-state index in [1.54, 1.807) is 25.1 Å². The van der Waals surface area contributed by atoms with Crippen molar-refractivity contribution in [2.24, 2.45) is 0 Å². The van der Waals surface area contributed by atoms with Crippen LogP contribution in [0.25, 0.3) is 0 Å². The van der Waals surface area contributed by atoms with Crippen LogP contribution < -0.4 is 5.32 Å². The molecule has 1 N–H and O–H groups in total. The Balaban J connectivity index is 2.34. The normalized spacial score (nSPS) is 11.3. The third kappa shape index (κ3) is 3.76. The number of alkyl halides is 3. The number of hydrogen-bond donors (Lipinski definition) is 1. The average molecular weight is 314 g/mol. The first kappa shape index (κ1) is 15.4. The Hall–Kier alpha value is -2.01. The van der Waals surface area contributed by atoms with E-state index in [0.29, 0.717) is 0 Å². The Labute approximate surface area is 124 Å². The maximum atomic E-state index is 12.9. The molecule has 0 aliphatic heterocycles. The van der Waals surface area contributed by atoms with Crippen molar-refractivity contribution in [3.05, 3.63) is 64.2 Å². The number of carbonyl (C=O) groups is 1. The summed E-state index contributed by atoms with van der Waals surface area (Å²) in [4.78, 5) is 12.0. The van der Waals surface area contributed by atoms with E-state index in [2.05, 4.69) is 5.32 Å². The number of aryl methyl sites for hydroxylation is 1. The van der Waals surface area contributed by atoms with Gasteiger partial charge >= 0.3 is 6.18 Å². The minimum atomic E-state index is -4.60. The quantitative estimate of drug-likeness (QED) is 0.837.